The molecular formula is C20H28IN5O2S. The van der Waals surface area contributed by atoms with Crippen LogP contribution in [0.15, 0.2) is 22.5 Å². The number of amides is 2. The predicted molar refractivity (Wildman–Crippen MR) is 124 cm³/mol. The maximum Gasteiger partial charge on any atom is 0.233 e. The Morgan fingerprint density at radius 2 is 1.86 bits per heavy atom. The van der Waals surface area contributed by atoms with Gasteiger partial charge in [-0.2, -0.15) is 0 Å². The highest BCUT2D eigenvalue weighted by Crippen LogP contribution is 2.52. The SMILES string of the molecule is CN=C(NCCCc1nc(C)cs1)NCCN1C(=O)C2C3C=CC(C3)C2C1=O.I. The van der Waals surface area contributed by atoms with Gasteiger partial charge in [0.2, 0.25) is 11.8 Å². The molecule has 29 heavy (non-hydrogen) atoms. The molecule has 1 aromatic rings. The van der Waals surface area contributed by atoms with Gasteiger partial charge in [0, 0.05) is 44.2 Å². The molecule has 4 unspecified atom stereocenters. The summed E-state index contributed by atoms with van der Waals surface area (Å²) in [7, 11) is 1.72. The number of allylic oxidation sites excluding steroid dienone is 2. The first-order valence-electron chi connectivity index (χ1n) is 9.97. The fourth-order valence-corrected chi connectivity index (χ4v) is 5.47. The zero-order valence-electron chi connectivity index (χ0n) is 16.8. The highest BCUT2D eigenvalue weighted by atomic mass is 127. The predicted octanol–water partition coefficient (Wildman–Crippen LogP) is 1.97. The van der Waals surface area contributed by atoms with Gasteiger partial charge < -0.3 is 10.6 Å². The number of aliphatic imine (C=N–C) groups is 1. The van der Waals surface area contributed by atoms with Crippen molar-refractivity contribution < 1.29 is 9.59 Å². The number of thiazole rings is 1. The summed E-state index contributed by atoms with van der Waals surface area (Å²) in [5, 5.41) is 9.71. The smallest absolute Gasteiger partial charge is 0.233 e. The van der Waals surface area contributed by atoms with Crippen molar-refractivity contribution in [1.82, 2.24) is 20.5 Å². The second kappa shape index (κ2) is 9.55. The lowest BCUT2D eigenvalue weighted by atomic mass is 9.85. The lowest BCUT2D eigenvalue weighted by molar-refractivity contribution is -0.140. The van der Waals surface area contributed by atoms with Crippen LogP contribution in [0, 0.1) is 30.6 Å². The Hall–Kier alpha value is -1.49. The highest BCUT2D eigenvalue weighted by molar-refractivity contribution is 14.0. The topological polar surface area (TPSA) is 86.7 Å². The van der Waals surface area contributed by atoms with Crippen molar-refractivity contribution in [1.29, 1.82) is 0 Å². The van der Waals surface area contributed by atoms with Gasteiger partial charge in [-0.05, 0) is 31.6 Å². The third kappa shape index (κ3) is 4.50. The third-order valence-corrected chi connectivity index (χ3v) is 6.97. The summed E-state index contributed by atoms with van der Waals surface area (Å²) in [6.07, 6.45) is 7.12. The van der Waals surface area contributed by atoms with E-state index >= 15 is 0 Å². The Morgan fingerprint density at radius 1 is 1.21 bits per heavy atom. The summed E-state index contributed by atoms with van der Waals surface area (Å²) in [5.41, 5.74) is 1.07. The number of guanidine groups is 1. The molecule has 158 valence electrons. The van der Waals surface area contributed by atoms with Crippen molar-refractivity contribution in [3.63, 3.8) is 0 Å². The van der Waals surface area contributed by atoms with Crippen LogP contribution < -0.4 is 10.6 Å². The number of carbonyl (C=O) groups is 2. The van der Waals surface area contributed by atoms with Crippen LogP contribution in [0.1, 0.15) is 23.5 Å². The second-order valence-electron chi connectivity index (χ2n) is 7.74. The average molecular weight is 529 g/mol. The monoisotopic (exact) mass is 529 g/mol. The van der Waals surface area contributed by atoms with Crippen LogP contribution in [0.25, 0.3) is 0 Å². The van der Waals surface area contributed by atoms with Crippen molar-refractivity contribution in [3.8, 4) is 0 Å². The molecule has 1 aliphatic heterocycles. The number of hydrogen-bond donors (Lipinski definition) is 2. The van der Waals surface area contributed by atoms with Crippen LogP contribution in [-0.4, -0.2) is 54.3 Å². The Labute approximate surface area is 192 Å². The van der Waals surface area contributed by atoms with Gasteiger partial charge in [-0.15, -0.1) is 35.3 Å². The molecule has 4 atom stereocenters. The van der Waals surface area contributed by atoms with E-state index in [1.54, 1.807) is 18.4 Å². The number of rotatable bonds is 7. The van der Waals surface area contributed by atoms with Crippen LogP contribution in [0.4, 0.5) is 0 Å². The molecule has 1 saturated carbocycles. The Morgan fingerprint density at radius 3 is 2.45 bits per heavy atom. The van der Waals surface area contributed by atoms with E-state index in [0.29, 0.717) is 19.0 Å². The molecule has 3 aliphatic rings. The van der Waals surface area contributed by atoms with E-state index < -0.39 is 0 Å². The molecule has 1 saturated heterocycles. The molecule has 0 radical (unpaired) electrons. The van der Waals surface area contributed by atoms with Gasteiger partial charge in [0.25, 0.3) is 0 Å². The number of nitrogens with one attached hydrogen (secondary N) is 2. The minimum atomic E-state index is -0.116. The van der Waals surface area contributed by atoms with E-state index in [4.69, 9.17) is 0 Å². The van der Waals surface area contributed by atoms with Gasteiger partial charge >= 0.3 is 0 Å². The van der Waals surface area contributed by atoms with Gasteiger partial charge in [-0.3, -0.25) is 19.5 Å². The van der Waals surface area contributed by atoms with Crippen LogP contribution in [-0.2, 0) is 16.0 Å². The number of aromatic nitrogens is 1. The van der Waals surface area contributed by atoms with Crippen LogP contribution in [0.3, 0.4) is 0 Å². The minimum Gasteiger partial charge on any atom is -0.356 e. The molecule has 4 rings (SSSR count). The van der Waals surface area contributed by atoms with E-state index in [-0.39, 0.29) is 59.5 Å². The van der Waals surface area contributed by atoms with Gasteiger partial charge in [0.05, 0.1) is 16.8 Å². The number of hydrogen-bond acceptors (Lipinski definition) is 5. The van der Waals surface area contributed by atoms with Gasteiger partial charge in [0.1, 0.15) is 0 Å². The van der Waals surface area contributed by atoms with Crippen LogP contribution in [0.2, 0.25) is 0 Å². The van der Waals surface area contributed by atoms with E-state index in [2.05, 4.69) is 38.1 Å². The first kappa shape index (κ1) is 22.2. The summed E-state index contributed by atoms with van der Waals surface area (Å²) in [4.78, 5) is 35.5. The minimum absolute atomic E-state index is 0. The van der Waals surface area contributed by atoms with Crippen molar-refractivity contribution in [2.24, 2.45) is 28.7 Å². The molecule has 2 fully saturated rings. The first-order chi connectivity index (χ1) is 13.6. The van der Waals surface area contributed by atoms with E-state index in [9.17, 15) is 9.59 Å². The summed E-state index contributed by atoms with van der Waals surface area (Å²) in [5.74, 6) is 1.01. The number of aryl methyl sites for hydroxylation is 2. The summed E-state index contributed by atoms with van der Waals surface area (Å²) >= 11 is 1.70. The Bertz CT molecular complexity index is 794. The van der Waals surface area contributed by atoms with Crippen LogP contribution >= 0.6 is 35.3 Å². The fraction of sp³-hybridized carbons (Fsp3) is 0.600. The Balaban J connectivity index is 0.00000240. The van der Waals surface area contributed by atoms with Crippen molar-refractivity contribution in [2.45, 2.75) is 26.2 Å². The standard InChI is InChI=1S/C20H27N5O2S.HI/c1-12-11-28-15(24-12)4-3-7-22-20(21-2)23-8-9-25-18(26)16-13-5-6-14(10-13)17(16)19(25)27;/h5-6,11,13-14,16-17H,3-4,7-10H2,1-2H3,(H2,21,22,23);1H. The highest BCUT2D eigenvalue weighted by Gasteiger charge is 2.58. The van der Waals surface area contributed by atoms with Crippen LogP contribution in [0.5, 0.6) is 0 Å². The number of carbonyl (C=O) groups excluding carboxylic acids is 2. The maximum atomic E-state index is 12.7. The fourth-order valence-electron chi connectivity index (χ4n) is 4.66. The number of imide groups is 1. The van der Waals surface area contributed by atoms with E-state index in [1.165, 1.54) is 4.90 Å². The molecular weight excluding hydrogens is 501 g/mol. The molecule has 9 heteroatoms. The van der Waals surface area contributed by atoms with E-state index in [1.807, 2.05) is 6.92 Å². The number of nitrogens with zero attached hydrogens (tertiary/aromatic N) is 3. The molecule has 2 N–H and O–H groups in total. The van der Waals surface area contributed by atoms with Crippen molar-refractivity contribution in [3.05, 3.63) is 28.2 Å². The van der Waals surface area contributed by atoms with Gasteiger partial charge in [-0.25, -0.2) is 4.98 Å². The molecule has 0 aromatic carbocycles. The molecule has 7 nitrogen and oxygen atoms in total. The largest absolute Gasteiger partial charge is 0.356 e. The molecule has 2 heterocycles. The number of fused-ring (bicyclic) bond motifs is 5. The number of likely N-dealkylation sites (tertiary alicyclic amines) is 1. The first-order valence-corrected chi connectivity index (χ1v) is 10.9. The second-order valence-corrected chi connectivity index (χ2v) is 8.68. The molecule has 1 aromatic heterocycles. The zero-order valence-corrected chi connectivity index (χ0v) is 19.9. The van der Waals surface area contributed by atoms with E-state index in [0.717, 1.165) is 36.5 Å². The molecule has 0 spiro atoms. The van der Waals surface area contributed by atoms with Crippen molar-refractivity contribution in [2.75, 3.05) is 26.7 Å². The quantitative estimate of drug-likeness (QED) is 0.141. The normalized spacial score (nSPS) is 27.4. The van der Waals surface area contributed by atoms with Gasteiger partial charge in [0.15, 0.2) is 5.96 Å². The zero-order chi connectivity index (χ0) is 19.7. The number of halogens is 1. The molecule has 2 amide bonds. The summed E-state index contributed by atoms with van der Waals surface area (Å²) < 4.78 is 0. The Kier molecular flexibility index (Phi) is 7.31. The lowest BCUT2D eigenvalue weighted by Gasteiger charge is -2.18. The maximum absolute atomic E-state index is 12.7. The van der Waals surface area contributed by atoms with Crippen molar-refractivity contribution >= 4 is 53.1 Å². The molecule has 2 bridgehead atoms. The average Bonchev–Trinajstić information content (AvgIpc) is 3.44. The van der Waals surface area contributed by atoms with Gasteiger partial charge in [-0.1, -0.05) is 12.2 Å². The molecule has 2 aliphatic carbocycles. The lowest BCUT2D eigenvalue weighted by Crippen LogP contribution is -2.44. The summed E-state index contributed by atoms with van der Waals surface area (Å²) in [6.45, 7) is 3.70. The third-order valence-electron chi connectivity index (χ3n) is 5.94. The summed E-state index contributed by atoms with van der Waals surface area (Å²) in [6, 6.07) is 0.